The van der Waals surface area contributed by atoms with Gasteiger partial charge in [0.25, 0.3) is 0 Å². The maximum atomic E-state index is 12.1. The van der Waals surface area contributed by atoms with Gasteiger partial charge < -0.3 is 5.73 Å². The summed E-state index contributed by atoms with van der Waals surface area (Å²) in [7, 11) is -3.46. The van der Waals surface area contributed by atoms with Crippen molar-refractivity contribution in [3.8, 4) is 0 Å². The molecule has 1 aromatic carbocycles. The van der Waals surface area contributed by atoms with Crippen molar-refractivity contribution < 1.29 is 8.42 Å². The number of nitrogens with one attached hydrogen (secondary N) is 1. The molecular formula is C13H16N2O2S2. The van der Waals surface area contributed by atoms with E-state index < -0.39 is 10.0 Å². The Labute approximate surface area is 117 Å². The number of sulfonamides is 1. The van der Waals surface area contributed by atoms with Crippen molar-refractivity contribution in [1.29, 1.82) is 0 Å². The summed E-state index contributed by atoms with van der Waals surface area (Å²) in [5.41, 5.74) is 7.53. The minimum absolute atomic E-state index is 0.284. The molecule has 0 saturated heterocycles. The zero-order valence-electron chi connectivity index (χ0n) is 10.6. The van der Waals surface area contributed by atoms with Crippen molar-refractivity contribution >= 4 is 21.4 Å². The van der Waals surface area contributed by atoms with Crippen LogP contribution in [0.4, 0.5) is 0 Å². The second-order valence-corrected chi connectivity index (χ2v) is 6.97. The first-order valence-electron chi connectivity index (χ1n) is 5.84. The van der Waals surface area contributed by atoms with Gasteiger partial charge in [-0.2, -0.15) is 0 Å². The summed E-state index contributed by atoms with van der Waals surface area (Å²) in [6, 6.07) is 9.32. The topological polar surface area (TPSA) is 72.2 Å². The normalized spacial score (nSPS) is 11.7. The van der Waals surface area contributed by atoms with Crippen LogP contribution in [0.1, 0.15) is 16.0 Å². The van der Waals surface area contributed by atoms with E-state index in [0.717, 1.165) is 16.0 Å². The number of benzene rings is 1. The van der Waals surface area contributed by atoms with Gasteiger partial charge in [-0.1, -0.05) is 24.3 Å². The standard InChI is InChI=1S/C13H16N2O2S2/c1-10-4-2-3-5-11(10)8-15-19(16,17)13-6-12(7-14)18-9-13/h2-6,9,15H,7-8,14H2,1H3. The minimum atomic E-state index is -3.46. The van der Waals surface area contributed by atoms with Gasteiger partial charge in [0.15, 0.2) is 0 Å². The average molecular weight is 296 g/mol. The maximum Gasteiger partial charge on any atom is 0.241 e. The highest BCUT2D eigenvalue weighted by Crippen LogP contribution is 2.19. The van der Waals surface area contributed by atoms with Crippen LogP contribution in [0.25, 0.3) is 0 Å². The van der Waals surface area contributed by atoms with Gasteiger partial charge in [-0.15, -0.1) is 11.3 Å². The molecule has 0 amide bonds. The molecule has 0 aliphatic rings. The van der Waals surface area contributed by atoms with Crippen molar-refractivity contribution in [1.82, 2.24) is 4.72 Å². The molecule has 0 aliphatic heterocycles. The number of hydrogen-bond acceptors (Lipinski definition) is 4. The molecule has 3 N–H and O–H groups in total. The van der Waals surface area contributed by atoms with E-state index in [1.165, 1.54) is 11.3 Å². The molecule has 0 spiro atoms. The summed E-state index contributed by atoms with van der Waals surface area (Å²) < 4.78 is 26.8. The van der Waals surface area contributed by atoms with Crippen LogP contribution in [-0.2, 0) is 23.1 Å². The molecule has 0 atom stereocenters. The van der Waals surface area contributed by atoms with Crippen molar-refractivity contribution in [3.63, 3.8) is 0 Å². The first-order valence-corrected chi connectivity index (χ1v) is 8.21. The monoisotopic (exact) mass is 296 g/mol. The van der Waals surface area contributed by atoms with E-state index in [1.54, 1.807) is 11.4 Å². The number of rotatable bonds is 5. The number of thiophene rings is 1. The molecule has 0 fully saturated rings. The number of nitrogens with two attached hydrogens (primary N) is 1. The highest BCUT2D eigenvalue weighted by atomic mass is 32.2. The Kier molecular flexibility index (Phi) is 4.36. The van der Waals surface area contributed by atoms with E-state index >= 15 is 0 Å². The lowest BCUT2D eigenvalue weighted by Crippen LogP contribution is -2.23. The van der Waals surface area contributed by atoms with Crippen molar-refractivity contribution in [2.75, 3.05) is 0 Å². The largest absolute Gasteiger partial charge is 0.326 e. The zero-order valence-corrected chi connectivity index (χ0v) is 12.2. The van der Waals surface area contributed by atoms with E-state index in [0.29, 0.717) is 13.1 Å². The fraction of sp³-hybridized carbons (Fsp3) is 0.231. The van der Waals surface area contributed by atoms with Crippen molar-refractivity contribution in [2.24, 2.45) is 5.73 Å². The van der Waals surface area contributed by atoms with Crippen molar-refractivity contribution in [2.45, 2.75) is 24.9 Å². The van der Waals surface area contributed by atoms with Crippen LogP contribution in [-0.4, -0.2) is 8.42 Å². The molecule has 4 nitrogen and oxygen atoms in total. The second kappa shape index (κ2) is 5.83. The van der Waals surface area contributed by atoms with E-state index in [9.17, 15) is 8.42 Å². The number of hydrogen-bond donors (Lipinski definition) is 2. The molecule has 102 valence electrons. The predicted molar refractivity (Wildman–Crippen MR) is 77.4 cm³/mol. The summed E-state index contributed by atoms with van der Waals surface area (Å²) in [6.45, 7) is 2.61. The Morgan fingerprint density at radius 1 is 1.32 bits per heavy atom. The molecule has 2 aromatic rings. The highest BCUT2D eigenvalue weighted by molar-refractivity contribution is 7.89. The lowest BCUT2D eigenvalue weighted by Gasteiger charge is -2.07. The third-order valence-corrected chi connectivity index (χ3v) is 5.34. The Morgan fingerprint density at radius 3 is 2.68 bits per heavy atom. The minimum Gasteiger partial charge on any atom is -0.326 e. The van der Waals surface area contributed by atoms with Gasteiger partial charge in [0.2, 0.25) is 10.0 Å². The lowest BCUT2D eigenvalue weighted by molar-refractivity contribution is 0.581. The third-order valence-electron chi connectivity index (χ3n) is 2.86. The average Bonchev–Trinajstić information content (AvgIpc) is 2.87. The molecule has 0 aliphatic carbocycles. The molecule has 2 rings (SSSR count). The fourth-order valence-corrected chi connectivity index (χ4v) is 3.84. The van der Waals surface area contributed by atoms with E-state index in [1.807, 2.05) is 31.2 Å². The van der Waals surface area contributed by atoms with E-state index in [4.69, 9.17) is 5.73 Å². The maximum absolute atomic E-state index is 12.1. The highest BCUT2D eigenvalue weighted by Gasteiger charge is 2.15. The van der Waals surface area contributed by atoms with Crippen LogP contribution >= 0.6 is 11.3 Å². The summed E-state index contributed by atoms with van der Waals surface area (Å²) in [5, 5.41) is 1.61. The van der Waals surface area contributed by atoms with Crippen LogP contribution in [0, 0.1) is 6.92 Å². The summed E-state index contributed by atoms with van der Waals surface area (Å²) in [6.07, 6.45) is 0. The first-order chi connectivity index (χ1) is 9.03. The SMILES string of the molecule is Cc1ccccc1CNS(=O)(=O)c1csc(CN)c1. The zero-order chi connectivity index (χ0) is 13.9. The molecular weight excluding hydrogens is 280 g/mol. The molecule has 1 heterocycles. The van der Waals surface area contributed by atoms with Gasteiger partial charge in [-0.3, -0.25) is 0 Å². The van der Waals surface area contributed by atoms with Gasteiger partial charge in [-0.05, 0) is 24.1 Å². The Hall–Kier alpha value is -1.21. The third kappa shape index (κ3) is 3.42. The Bertz CT molecular complexity index is 663. The fourth-order valence-electron chi connectivity index (χ4n) is 1.67. The molecule has 6 heteroatoms. The Morgan fingerprint density at radius 2 is 2.05 bits per heavy atom. The summed E-state index contributed by atoms with van der Waals surface area (Å²) in [5.74, 6) is 0. The second-order valence-electron chi connectivity index (χ2n) is 4.20. The summed E-state index contributed by atoms with van der Waals surface area (Å²) in [4.78, 5) is 1.14. The molecule has 1 aromatic heterocycles. The smallest absolute Gasteiger partial charge is 0.241 e. The van der Waals surface area contributed by atoms with Crippen LogP contribution in [0.5, 0.6) is 0 Å². The molecule has 19 heavy (non-hydrogen) atoms. The quantitative estimate of drug-likeness (QED) is 0.886. The first kappa shape index (κ1) is 14.2. The van der Waals surface area contributed by atoms with Gasteiger partial charge >= 0.3 is 0 Å². The Balaban J connectivity index is 2.12. The number of aryl methyl sites for hydroxylation is 1. The molecule has 0 radical (unpaired) electrons. The molecule has 0 saturated carbocycles. The molecule has 0 bridgehead atoms. The van der Waals surface area contributed by atoms with E-state index in [-0.39, 0.29) is 4.90 Å². The van der Waals surface area contributed by atoms with Crippen LogP contribution in [0.3, 0.4) is 0 Å². The van der Waals surface area contributed by atoms with E-state index in [2.05, 4.69) is 4.72 Å². The van der Waals surface area contributed by atoms with Gasteiger partial charge in [-0.25, -0.2) is 13.1 Å². The van der Waals surface area contributed by atoms with Gasteiger partial charge in [0.05, 0.1) is 4.90 Å². The van der Waals surface area contributed by atoms with Crippen LogP contribution in [0.15, 0.2) is 40.6 Å². The van der Waals surface area contributed by atoms with Gasteiger partial charge in [0.1, 0.15) is 0 Å². The van der Waals surface area contributed by atoms with Gasteiger partial charge in [0, 0.05) is 23.3 Å². The molecule has 0 unspecified atom stereocenters. The summed E-state index contributed by atoms with van der Waals surface area (Å²) >= 11 is 1.36. The lowest BCUT2D eigenvalue weighted by atomic mass is 10.1. The van der Waals surface area contributed by atoms with Crippen molar-refractivity contribution in [3.05, 3.63) is 51.7 Å². The van der Waals surface area contributed by atoms with Crippen LogP contribution in [0.2, 0.25) is 0 Å². The van der Waals surface area contributed by atoms with Crippen LogP contribution < -0.4 is 10.5 Å². The predicted octanol–water partition coefficient (Wildman–Crippen LogP) is 1.99.